The minimum absolute atomic E-state index is 0.0146. The topological polar surface area (TPSA) is 60.0 Å². The van der Waals surface area contributed by atoms with Crippen molar-refractivity contribution in [2.45, 2.75) is 18.9 Å². The number of methoxy groups -OCH3 is 3. The molecule has 0 aromatic heterocycles. The highest BCUT2D eigenvalue weighted by molar-refractivity contribution is 5.95. The molecule has 22 heavy (non-hydrogen) atoms. The molecule has 0 bridgehead atoms. The Kier molecular flexibility index (Phi) is 5.49. The van der Waals surface area contributed by atoms with Crippen LogP contribution in [-0.4, -0.2) is 58.3 Å². The maximum Gasteiger partial charge on any atom is 0.254 e. The van der Waals surface area contributed by atoms with Gasteiger partial charge in [0.2, 0.25) is 5.75 Å². The molecule has 1 aliphatic heterocycles. The van der Waals surface area contributed by atoms with Crippen molar-refractivity contribution in [3.8, 4) is 17.2 Å². The van der Waals surface area contributed by atoms with Gasteiger partial charge in [-0.2, -0.15) is 0 Å². The molecule has 0 aliphatic carbocycles. The maximum atomic E-state index is 12.7. The van der Waals surface area contributed by atoms with E-state index in [1.165, 1.54) is 0 Å². The molecule has 1 N–H and O–H groups in total. The number of hydrogen-bond acceptors (Lipinski definition) is 5. The van der Waals surface area contributed by atoms with Crippen LogP contribution in [0.25, 0.3) is 0 Å². The van der Waals surface area contributed by atoms with Gasteiger partial charge in [0.05, 0.1) is 21.3 Å². The van der Waals surface area contributed by atoms with Crippen molar-refractivity contribution in [3.63, 3.8) is 0 Å². The maximum absolute atomic E-state index is 12.7. The summed E-state index contributed by atoms with van der Waals surface area (Å²) in [6.07, 6.45) is 2.09. The van der Waals surface area contributed by atoms with Crippen LogP contribution >= 0.6 is 0 Å². The molecule has 1 fully saturated rings. The molecule has 0 saturated carbocycles. The number of amides is 1. The lowest BCUT2D eigenvalue weighted by molar-refractivity contribution is 0.0697. The SMILES string of the molecule is CNC1CCCN(C(=O)c2cc(OC)c(OC)c(OC)c2)C1. The van der Waals surface area contributed by atoms with E-state index in [2.05, 4.69) is 5.32 Å². The van der Waals surface area contributed by atoms with Crippen LogP contribution in [0, 0.1) is 0 Å². The molecule has 6 nitrogen and oxygen atoms in total. The molecule has 0 radical (unpaired) electrons. The zero-order valence-electron chi connectivity index (χ0n) is 13.6. The van der Waals surface area contributed by atoms with Crippen LogP contribution in [0.4, 0.5) is 0 Å². The van der Waals surface area contributed by atoms with E-state index in [1.54, 1.807) is 33.5 Å². The van der Waals surface area contributed by atoms with E-state index in [1.807, 2.05) is 11.9 Å². The minimum Gasteiger partial charge on any atom is -0.493 e. The number of carbonyl (C=O) groups is 1. The summed E-state index contributed by atoms with van der Waals surface area (Å²) >= 11 is 0. The normalized spacial score (nSPS) is 18.0. The molecule has 1 saturated heterocycles. The Morgan fingerprint density at radius 3 is 2.32 bits per heavy atom. The molecular formula is C16H24N2O4. The quantitative estimate of drug-likeness (QED) is 0.894. The number of carbonyl (C=O) groups excluding carboxylic acids is 1. The van der Waals surface area contributed by atoms with Crippen LogP contribution in [-0.2, 0) is 0 Å². The predicted molar refractivity (Wildman–Crippen MR) is 84.1 cm³/mol. The highest BCUT2D eigenvalue weighted by Crippen LogP contribution is 2.38. The van der Waals surface area contributed by atoms with Crippen molar-refractivity contribution >= 4 is 5.91 Å². The molecule has 1 unspecified atom stereocenters. The number of nitrogens with zero attached hydrogens (tertiary/aromatic N) is 1. The zero-order chi connectivity index (χ0) is 16.1. The molecule has 1 aromatic carbocycles. The van der Waals surface area contributed by atoms with Gasteiger partial charge in [-0.05, 0) is 32.0 Å². The van der Waals surface area contributed by atoms with Gasteiger partial charge in [-0.3, -0.25) is 4.79 Å². The Morgan fingerprint density at radius 2 is 1.82 bits per heavy atom. The number of ether oxygens (including phenoxy) is 3. The highest BCUT2D eigenvalue weighted by Gasteiger charge is 2.25. The van der Waals surface area contributed by atoms with Gasteiger partial charge in [0.25, 0.3) is 5.91 Å². The van der Waals surface area contributed by atoms with E-state index in [9.17, 15) is 4.79 Å². The molecule has 6 heteroatoms. The van der Waals surface area contributed by atoms with Crippen LogP contribution in [0.15, 0.2) is 12.1 Å². The number of piperidine rings is 1. The Balaban J connectivity index is 2.29. The predicted octanol–water partition coefficient (Wildman–Crippen LogP) is 1.54. The first kappa shape index (κ1) is 16.4. The van der Waals surface area contributed by atoms with Gasteiger partial charge in [-0.25, -0.2) is 0 Å². The Hall–Kier alpha value is -1.95. The van der Waals surface area contributed by atoms with Gasteiger partial charge in [-0.1, -0.05) is 0 Å². The fraction of sp³-hybridized carbons (Fsp3) is 0.562. The summed E-state index contributed by atoms with van der Waals surface area (Å²) < 4.78 is 15.9. The third kappa shape index (κ3) is 3.27. The number of nitrogens with one attached hydrogen (secondary N) is 1. The smallest absolute Gasteiger partial charge is 0.254 e. The van der Waals surface area contributed by atoms with E-state index >= 15 is 0 Å². The summed E-state index contributed by atoms with van der Waals surface area (Å²) in [6.45, 7) is 1.49. The van der Waals surface area contributed by atoms with Gasteiger partial charge < -0.3 is 24.4 Å². The van der Waals surface area contributed by atoms with Crippen LogP contribution < -0.4 is 19.5 Å². The average molecular weight is 308 g/mol. The van der Waals surface area contributed by atoms with Gasteiger partial charge in [0, 0.05) is 24.7 Å². The van der Waals surface area contributed by atoms with E-state index < -0.39 is 0 Å². The Bertz CT molecular complexity index is 508. The lowest BCUT2D eigenvalue weighted by atomic mass is 10.0. The number of likely N-dealkylation sites (N-methyl/N-ethyl adjacent to an activating group) is 1. The van der Waals surface area contributed by atoms with Gasteiger partial charge >= 0.3 is 0 Å². The molecule has 2 rings (SSSR count). The summed E-state index contributed by atoms with van der Waals surface area (Å²) in [4.78, 5) is 14.6. The van der Waals surface area contributed by atoms with E-state index in [4.69, 9.17) is 14.2 Å². The molecule has 1 aromatic rings. The van der Waals surface area contributed by atoms with Crippen molar-refractivity contribution in [2.75, 3.05) is 41.5 Å². The monoisotopic (exact) mass is 308 g/mol. The van der Waals surface area contributed by atoms with Crippen LogP contribution in [0.1, 0.15) is 23.2 Å². The third-order valence-corrected chi connectivity index (χ3v) is 4.03. The number of likely N-dealkylation sites (tertiary alicyclic amines) is 1. The molecule has 122 valence electrons. The molecule has 1 aliphatic rings. The van der Waals surface area contributed by atoms with E-state index in [-0.39, 0.29) is 5.91 Å². The van der Waals surface area contributed by atoms with E-state index in [0.29, 0.717) is 35.4 Å². The molecule has 1 amide bonds. The Labute approximate surface area is 131 Å². The lowest BCUT2D eigenvalue weighted by Gasteiger charge is -2.32. The second kappa shape index (κ2) is 7.35. The second-order valence-corrected chi connectivity index (χ2v) is 5.29. The average Bonchev–Trinajstić information content (AvgIpc) is 2.59. The summed E-state index contributed by atoms with van der Waals surface area (Å²) in [5, 5.41) is 3.24. The largest absolute Gasteiger partial charge is 0.493 e. The van der Waals surface area contributed by atoms with Crippen molar-refractivity contribution in [3.05, 3.63) is 17.7 Å². The first-order valence-corrected chi connectivity index (χ1v) is 7.41. The number of rotatable bonds is 5. The summed E-state index contributed by atoms with van der Waals surface area (Å²) in [7, 11) is 6.56. The van der Waals surface area contributed by atoms with Gasteiger partial charge in [0.15, 0.2) is 11.5 Å². The van der Waals surface area contributed by atoms with Crippen molar-refractivity contribution in [1.29, 1.82) is 0 Å². The third-order valence-electron chi connectivity index (χ3n) is 4.03. The van der Waals surface area contributed by atoms with E-state index in [0.717, 1.165) is 19.4 Å². The fourth-order valence-electron chi connectivity index (χ4n) is 2.78. The van der Waals surface area contributed by atoms with Gasteiger partial charge in [0.1, 0.15) is 0 Å². The molecule has 1 heterocycles. The van der Waals surface area contributed by atoms with Crippen LogP contribution in [0.2, 0.25) is 0 Å². The molecule has 0 spiro atoms. The van der Waals surface area contributed by atoms with Crippen molar-refractivity contribution < 1.29 is 19.0 Å². The fourth-order valence-corrected chi connectivity index (χ4v) is 2.78. The van der Waals surface area contributed by atoms with Crippen LogP contribution in [0.3, 0.4) is 0 Å². The van der Waals surface area contributed by atoms with Gasteiger partial charge in [-0.15, -0.1) is 0 Å². The van der Waals surface area contributed by atoms with Crippen molar-refractivity contribution in [1.82, 2.24) is 10.2 Å². The molecular weight excluding hydrogens is 284 g/mol. The zero-order valence-corrected chi connectivity index (χ0v) is 13.6. The minimum atomic E-state index is -0.0146. The first-order valence-electron chi connectivity index (χ1n) is 7.41. The van der Waals surface area contributed by atoms with Crippen molar-refractivity contribution in [2.24, 2.45) is 0 Å². The Morgan fingerprint density at radius 1 is 1.18 bits per heavy atom. The number of hydrogen-bond donors (Lipinski definition) is 1. The standard InChI is InChI=1S/C16H24N2O4/c1-17-12-6-5-7-18(10-12)16(19)11-8-13(20-2)15(22-4)14(9-11)21-3/h8-9,12,17H,5-7,10H2,1-4H3. The lowest BCUT2D eigenvalue weighted by Crippen LogP contribution is -2.46. The van der Waals surface area contributed by atoms with Crippen LogP contribution in [0.5, 0.6) is 17.2 Å². The second-order valence-electron chi connectivity index (χ2n) is 5.29. The summed E-state index contributed by atoms with van der Waals surface area (Å²) in [6, 6.07) is 3.75. The summed E-state index contributed by atoms with van der Waals surface area (Å²) in [5.74, 6) is 1.47. The number of benzene rings is 1. The first-order chi connectivity index (χ1) is 10.6. The summed E-state index contributed by atoms with van der Waals surface area (Å²) in [5.41, 5.74) is 0.547. The highest BCUT2D eigenvalue weighted by atomic mass is 16.5. The molecule has 1 atom stereocenters.